The monoisotopic (exact) mass is 462 g/mol. The van der Waals surface area contributed by atoms with Crippen molar-refractivity contribution in [3.63, 3.8) is 0 Å². The highest BCUT2D eigenvalue weighted by Crippen LogP contribution is 2.46. The fraction of sp³-hybridized carbons (Fsp3) is 0.321. The minimum Gasteiger partial charge on any atom is -0.317 e. The van der Waals surface area contributed by atoms with Crippen LogP contribution in [0.25, 0.3) is 10.8 Å². The number of halogens is 2. The molecule has 0 saturated carbocycles. The van der Waals surface area contributed by atoms with E-state index in [0.29, 0.717) is 11.6 Å². The third kappa shape index (κ3) is 3.90. The molecule has 5 rings (SSSR count). The van der Waals surface area contributed by atoms with Gasteiger partial charge in [-0.25, -0.2) is 4.39 Å². The van der Waals surface area contributed by atoms with Crippen molar-refractivity contribution in [3.8, 4) is 0 Å². The maximum Gasteiger partial charge on any atom is 0.141 e. The molecule has 2 heterocycles. The van der Waals surface area contributed by atoms with E-state index in [9.17, 15) is 9.18 Å². The second kappa shape index (κ2) is 9.02. The fourth-order valence-corrected chi connectivity index (χ4v) is 6.07. The minimum atomic E-state index is -0.333. The lowest BCUT2D eigenvalue weighted by Gasteiger charge is -2.42. The van der Waals surface area contributed by atoms with Crippen LogP contribution in [0.1, 0.15) is 36.9 Å². The summed E-state index contributed by atoms with van der Waals surface area (Å²) < 4.78 is 13.7. The van der Waals surface area contributed by atoms with Crippen LogP contribution in [0.3, 0.4) is 0 Å². The Labute approximate surface area is 199 Å². The first-order valence-corrected chi connectivity index (χ1v) is 12.0. The molecule has 170 valence electrons. The van der Waals surface area contributed by atoms with Gasteiger partial charge in [0.2, 0.25) is 0 Å². The maximum atomic E-state index is 13.7. The van der Waals surface area contributed by atoms with Gasteiger partial charge in [-0.2, -0.15) is 0 Å². The third-order valence-corrected chi connectivity index (χ3v) is 7.76. The third-order valence-electron chi connectivity index (χ3n) is 7.54. The molecule has 0 radical (unpaired) electrons. The number of nitrogens with one attached hydrogen (secondary N) is 1. The number of nitrogens with zero attached hydrogens (tertiary/aromatic N) is 1. The van der Waals surface area contributed by atoms with Crippen LogP contribution in [0.5, 0.6) is 0 Å². The van der Waals surface area contributed by atoms with Gasteiger partial charge in [0.25, 0.3) is 0 Å². The van der Waals surface area contributed by atoms with Gasteiger partial charge in [0.1, 0.15) is 12.1 Å². The van der Waals surface area contributed by atoms with Crippen LogP contribution in [0.4, 0.5) is 4.39 Å². The van der Waals surface area contributed by atoms with Gasteiger partial charge in [0.05, 0.1) is 6.04 Å². The number of hydrogen-bond donors (Lipinski definition) is 1. The van der Waals surface area contributed by atoms with Crippen molar-refractivity contribution in [2.45, 2.75) is 37.3 Å². The molecular weight excluding hydrogens is 435 g/mol. The molecule has 1 N–H and O–H groups in total. The van der Waals surface area contributed by atoms with Crippen LogP contribution in [0.2, 0.25) is 5.02 Å². The number of benzene rings is 3. The highest BCUT2D eigenvalue weighted by atomic mass is 35.5. The van der Waals surface area contributed by atoms with Crippen LogP contribution >= 0.6 is 11.6 Å². The van der Waals surface area contributed by atoms with Crippen LogP contribution < -0.4 is 5.32 Å². The Balaban J connectivity index is 1.53. The Kier molecular flexibility index (Phi) is 6.09. The predicted molar refractivity (Wildman–Crippen MR) is 132 cm³/mol. The molecule has 3 aromatic rings. The lowest BCUT2D eigenvalue weighted by atomic mass is 9.66. The SMILES string of the molecule is C[C@@H](c1cc(Cl)cc2ccccc12)N1CC=C(C2(c3ccc(F)cc3)CCNCC2)C1C=O. The molecule has 2 aliphatic heterocycles. The Hall–Kier alpha value is -2.53. The van der Waals surface area contributed by atoms with E-state index < -0.39 is 0 Å². The van der Waals surface area contributed by atoms with Gasteiger partial charge in [0.15, 0.2) is 0 Å². The second-order valence-electron chi connectivity index (χ2n) is 9.17. The van der Waals surface area contributed by atoms with Crippen molar-refractivity contribution < 1.29 is 9.18 Å². The molecule has 3 nitrogen and oxygen atoms in total. The molecule has 3 aromatic carbocycles. The molecule has 0 aromatic heterocycles. The fourth-order valence-electron chi connectivity index (χ4n) is 5.84. The second-order valence-corrected chi connectivity index (χ2v) is 9.60. The van der Waals surface area contributed by atoms with Crippen molar-refractivity contribution in [3.05, 3.63) is 94.3 Å². The van der Waals surface area contributed by atoms with E-state index in [2.05, 4.69) is 35.3 Å². The van der Waals surface area contributed by atoms with Crippen LogP contribution in [-0.2, 0) is 10.2 Å². The zero-order valence-electron chi connectivity index (χ0n) is 18.7. The van der Waals surface area contributed by atoms with Gasteiger partial charge in [-0.3, -0.25) is 4.90 Å². The first-order chi connectivity index (χ1) is 16.0. The Morgan fingerprint density at radius 2 is 1.85 bits per heavy atom. The summed E-state index contributed by atoms with van der Waals surface area (Å²) >= 11 is 6.47. The number of rotatable bonds is 5. The molecule has 0 amide bonds. The van der Waals surface area contributed by atoms with Crippen LogP contribution in [-0.4, -0.2) is 36.9 Å². The first-order valence-electron chi connectivity index (χ1n) is 11.6. The average molecular weight is 463 g/mol. The Morgan fingerprint density at radius 1 is 1.12 bits per heavy atom. The van der Waals surface area contributed by atoms with Crippen molar-refractivity contribution in [1.82, 2.24) is 10.2 Å². The number of piperidine rings is 1. The minimum absolute atomic E-state index is 0.00420. The van der Waals surface area contributed by atoms with Gasteiger partial charge in [-0.1, -0.05) is 54.1 Å². The van der Waals surface area contributed by atoms with Gasteiger partial charge in [0, 0.05) is 23.0 Å². The number of hydrogen-bond acceptors (Lipinski definition) is 3. The van der Waals surface area contributed by atoms with Crippen molar-refractivity contribution in [1.29, 1.82) is 0 Å². The van der Waals surface area contributed by atoms with Gasteiger partial charge >= 0.3 is 0 Å². The molecule has 33 heavy (non-hydrogen) atoms. The Bertz CT molecular complexity index is 1200. The zero-order chi connectivity index (χ0) is 23.0. The summed E-state index contributed by atoms with van der Waals surface area (Å²) in [5, 5.41) is 6.40. The van der Waals surface area contributed by atoms with Crippen LogP contribution in [0, 0.1) is 5.82 Å². The van der Waals surface area contributed by atoms with E-state index in [1.165, 1.54) is 12.1 Å². The smallest absolute Gasteiger partial charge is 0.141 e. The summed E-state index contributed by atoms with van der Waals surface area (Å²) in [7, 11) is 0. The molecule has 1 saturated heterocycles. The van der Waals surface area contributed by atoms with Gasteiger partial charge < -0.3 is 10.1 Å². The molecule has 1 fully saturated rings. The summed E-state index contributed by atoms with van der Waals surface area (Å²) in [6, 6.07) is 18.8. The quantitative estimate of drug-likeness (QED) is 0.383. The Morgan fingerprint density at radius 3 is 2.58 bits per heavy atom. The van der Waals surface area contributed by atoms with E-state index in [0.717, 1.165) is 59.7 Å². The predicted octanol–water partition coefficient (Wildman–Crippen LogP) is 5.82. The molecule has 0 aliphatic carbocycles. The van der Waals surface area contributed by atoms with E-state index in [-0.39, 0.29) is 23.3 Å². The molecule has 2 aliphatic rings. The molecule has 5 heteroatoms. The van der Waals surface area contributed by atoms with Crippen LogP contribution in [0.15, 0.2) is 72.3 Å². The molecule has 0 spiro atoms. The highest BCUT2D eigenvalue weighted by molar-refractivity contribution is 6.31. The molecule has 1 unspecified atom stereocenters. The molecule has 0 bridgehead atoms. The topological polar surface area (TPSA) is 32.3 Å². The number of carbonyl (C=O) groups is 1. The first kappa shape index (κ1) is 22.3. The number of fused-ring (bicyclic) bond motifs is 1. The summed E-state index contributed by atoms with van der Waals surface area (Å²) in [4.78, 5) is 14.8. The lowest BCUT2D eigenvalue weighted by Crippen LogP contribution is -2.46. The zero-order valence-corrected chi connectivity index (χ0v) is 19.5. The van der Waals surface area contributed by atoms with Crippen molar-refractivity contribution in [2.24, 2.45) is 0 Å². The number of aldehydes is 1. The summed E-state index contributed by atoms with van der Waals surface area (Å²) in [5.41, 5.74) is 3.09. The van der Waals surface area contributed by atoms with Gasteiger partial charge in [-0.05, 0) is 84.6 Å². The van der Waals surface area contributed by atoms with Gasteiger partial charge in [-0.15, -0.1) is 0 Å². The average Bonchev–Trinajstić information content (AvgIpc) is 3.28. The van der Waals surface area contributed by atoms with E-state index in [1.54, 1.807) is 0 Å². The highest BCUT2D eigenvalue weighted by Gasteiger charge is 2.45. The largest absolute Gasteiger partial charge is 0.317 e. The number of carbonyl (C=O) groups excluding carboxylic acids is 1. The van der Waals surface area contributed by atoms with E-state index in [4.69, 9.17) is 11.6 Å². The molecule has 2 atom stereocenters. The van der Waals surface area contributed by atoms with Crippen molar-refractivity contribution >= 4 is 28.7 Å². The summed E-state index contributed by atoms with van der Waals surface area (Å²) in [6.45, 7) is 4.58. The lowest BCUT2D eigenvalue weighted by molar-refractivity contribution is -0.111. The normalized spacial score (nSPS) is 21.7. The standard InChI is InChI=1S/C28H28ClFN2O/c1-19(25-17-22(29)16-20-4-2-3-5-24(20)25)32-15-10-26(27(32)18-33)28(11-13-31-14-12-28)21-6-8-23(30)9-7-21/h2-10,16-19,27,31H,11-15H2,1H3/t19-,27?/m0/s1. The van der Waals surface area contributed by atoms with E-state index >= 15 is 0 Å². The van der Waals surface area contributed by atoms with E-state index in [1.807, 2.05) is 36.4 Å². The summed E-state index contributed by atoms with van der Waals surface area (Å²) in [5.74, 6) is -0.238. The van der Waals surface area contributed by atoms with Crippen molar-refractivity contribution in [2.75, 3.05) is 19.6 Å². The molecular formula is C28H28ClFN2O. The maximum absolute atomic E-state index is 13.7. The summed E-state index contributed by atoms with van der Waals surface area (Å²) in [6.07, 6.45) is 5.08.